The number of thiophene rings is 1. The van der Waals surface area contributed by atoms with E-state index in [-0.39, 0.29) is 5.91 Å². The van der Waals surface area contributed by atoms with Crippen molar-refractivity contribution in [1.82, 2.24) is 9.97 Å². The number of nitrogens with zero attached hydrogens (tertiary/aromatic N) is 3. The standard InChI is InChI=1S/C21H24N4OS2/c1-13-7-6-10-25(11-13)19-18-17(14(2)28-21(18)23-12-22-19)20(26)24-15-8-4-5-9-16(15)27-3/h4-5,8-9,12-13H,6-7,10-11H2,1-3H3,(H,24,26)/t13-/m1/s1. The van der Waals surface area contributed by atoms with Crippen LogP contribution < -0.4 is 10.2 Å². The molecule has 1 N–H and O–H groups in total. The van der Waals surface area contributed by atoms with Gasteiger partial charge in [0.15, 0.2) is 0 Å². The fraction of sp³-hybridized carbons (Fsp3) is 0.381. The maximum Gasteiger partial charge on any atom is 0.257 e. The Morgan fingerprint density at radius 1 is 1.32 bits per heavy atom. The number of rotatable bonds is 4. The molecule has 1 fully saturated rings. The molecule has 0 aliphatic carbocycles. The first-order chi connectivity index (χ1) is 13.6. The van der Waals surface area contributed by atoms with Gasteiger partial charge in [-0.2, -0.15) is 0 Å². The number of amides is 1. The predicted octanol–water partition coefficient (Wildman–Crippen LogP) is 5.21. The molecule has 7 heteroatoms. The summed E-state index contributed by atoms with van der Waals surface area (Å²) in [6, 6.07) is 7.88. The van der Waals surface area contributed by atoms with Gasteiger partial charge in [0.05, 0.1) is 16.6 Å². The number of hydrogen-bond donors (Lipinski definition) is 1. The molecule has 4 rings (SSSR count). The third-order valence-electron chi connectivity index (χ3n) is 5.18. The molecule has 1 saturated heterocycles. The summed E-state index contributed by atoms with van der Waals surface area (Å²) >= 11 is 3.19. The fourth-order valence-electron chi connectivity index (χ4n) is 3.86. The first-order valence-electron chi connectivity index (χ1n) is 9.52. The second kappa shape index (κ2) is 8.09. The molecular weight excluding hydrogens is 388 g/mol. The zero-order valence-electron chi connectivity index (χ0n) is 16.4. The summed E-state index contributed by atoms with van der Waals surface area (Å²) in [5, 5.41) is 4.00. The Bertz CT molecular complexity index is 1020. The second-order valence-corrected chi connectivity index (χ2v) is 9.31. The lowest BCUT2D eigenvalue weighted by molar-refractivity contribution is 0.102. The average Bonchev–Trinajstić information content (AvgIpc) is 3.04. The number of nitrogens with one attached hydrogen (secondary N) is 1. The van der Waals surface area contributed by atoms with Gasteiger partial charge in [0, 0.05) is 22.9 Å². The van der Waals surface area contributed by atoms with Crippen molar-refractivity contribution in [2.24, 2.45) is 5.92 Å². The number of benzene rings is 1. The zero-order chi connectivity index (χ0) is 19.7. The molecule has 1 amide bonds. The van der Waals surface area contributed by atoms with Crippen molar-refractivity contribution in [2.75, 3.05) is 29.6 Å². The van der Waals surface area contributed by atoms with E-state index in [9.17, 15) is 4.79 Å². The van der Waals surface area contributed by atoms with E-state index >= 15 is 0 Å². The Balaban J connectivity index is 1.76. The molecule has 1 aliphatic heterocycles. The van der Waals surface area contributed by atoms with E-state index in [0.717, 1.165) is 51.0 Å². The number of aromatic nitrogens is 2. The van der Waals surface area contributed by atoms with Crippen molar-refractivity contribution in [3.63, 3.8) is 0 Å². The monoisotopic (exact) mass is 412 g/mol. The quantitative estimate of drug-likeness (QED) is 0.596. The molecule has 0 spiro atoms. The van der Waals surface area contributed by atoms with Crippen LogP contribution in [0.5, 0.6) is 0 Å². The third kappa shape index (κ3) is 3.61. The topological polar surface area (TPSA) is 58.1 Å². The van der Waals surface area contributed by atoms with E-state index in [1.807, 2.05) is 37.4 Å². The third-order valence-corrected chi connectivity index (χ3v) is 6.99. The van der Waals surface area contributed by atoms with Crippen molar-refractivity contribution < 1.29 is 4.79 Å². The van der Waals surface area contributed by atoms with Crippen LogP contribution in [0, 0.1) is 12.8 Å². The van der Waals surface area contributed by atoms with Crippen LogP contribution in [0.15, 0.2) is 35.5 Å². The summed E-state index contributed by atoms with van der Waals surface area (Å²) in [5.74, 6) is 1.43. The molecule has 1 atom stereocenters. The lowest BCUT2D eigenvalue weighted by atomic mass is 10.00. The Hall–Kier alpha value is -2.12. The summed E-state index contributed by atoms with van der Waals surface area (Å²) in [7, 11) is 0. The molecule has 0 unspecified atom stereocenters. The molecule has 0 radical (unpaired) electrons. The molecule has 3 heterocycles. The van der Waals surface area contributed by atoms with Gasteiger partial charge in [-0.05, 0) is 44.1 Å². The molecule has 5 nitrogen and oxygen atoms in total. The van der Waals surface area contributed by atoms with E-state index in [1.54, 1.807) is 29.4 Å². The summed E-state index contributed by atoms with van der Waals surface area (Å²) < 4.78 is 0. The Morgan fingerprint density at radius 2 is 2.14 bits per heavy atom. The van der Waals surface area contributed by atoms with Gasteiger partial charge in [0.25, 0.3) is 5.91 Å². The van der Waals surface area contributed by atoms with Crippen molar-refractivity contribution in [3.8, 4) is 0 Å². The smallest absolute Gasteiger partial charge is 0.257 e. The fourth-order valence-corrected chi connectivity index (χ4v) is 5.39. The number of thioether (sulfide) groups is 1. The highest BCUT2D eigenvalue weighted by Crippen LogP contribution is 2.37. The Kier molecular flexibility index (Phi) is 5.55. The minimum atomic E-state index is -0.0913. The summed E-state index contributed by atoms with van der Waals surface area (Å²) in [5.41, 5.74) is 1.54. The van der Waals surface area contributed by atoms with E-state index in [4.69, 9.17) is 0 Å². The molecular formula is C21H24N4OS2. The molecule has 0 bridgehead atoms. The highest BCUT2D eigenvalue weighted by atomic mass is 32.2. The number of anilines is 2. The molecule has 28 heavy (non-hydrogen) atoms. The zero-order valence-corrected chi connectivity index (χ0v) is 18.0. The van der Waals surface area contributed by atoms with Crippen molar-refractivity contribution in [1.29, 1.82) is 0 Å². The van der Waals surface area contributed by atoms with Crippen LogP contribution in [0.25, 0.3) is 10.2 Å². The summed E-state index contributed by atoms with van der Waals surface area (Å²) in [6.07, 6.45) is 6.03. The second-order valence-electron chi connectivity index (χ2n) is 7.26. The molecule has 146 valence electrons. The molecule has 1 aliphatic rings. The largest absolute Gasteiger partial charge is 0.356 e. The minimum Gasteiger partial charge on any atom is -0.356 e. The van der Waals surface area contributed by atoms with Crippen LogP contribution in [-0.2, 0) is 0 Å². The van der Waals surface area contributed by atoms with Crippen LogP contribution in [0.4, 0.5) is 11.5 Å². The maximum atomic E-state index is 13.3. The van der Waals surface area contributed by atoms with Gasteiger partial charge >= 0.3 is 0 Å². The lowest BCUT2D eigenvalue weighted by Gasteiger charge is -2.32. The molecule has 1 aromatic carbocycles. The summed E-state index contributed by atoms with van der Waals surface area (Å²) in [4.78, 5) is 27.6. The van der Waals surface area contributed by atoms with E-state index in [1.165, 1.54) is 6.42 Å². The van der Waals surface area contributed by atoms with E-state index in [2.05, 4.69) is 27.1 Å². The van der Waals surface area contributed by atoms with Crippen molar-refractivity contribution >= 4 is 50.7 Å². The summed E-state index contributed by atoms with van der Waals surface area (Å²) in [6.45, 7) is 6.21. The van der Waals surface area contributed by atoms with Crippen LogP contribution in [0.3, 0.4) is 0 Å². The van der Waals surface area contributed by atoms with Gasteiger partial charge in [-0.3, -0.25) is 4.79 Å². The normalized spacial score (nSPS) is 17.1. The number of piperidine rings is 1. The number of carbonyl (C=O) groups is 1. The minimum absolute atomic E-state index is 0.0913. The lowest BCUT2D eigenvalue weighted by Crippen LogP contribution is -2.35. The maximum absolute atomic E-state index is 13.3. The molecule has 3 aromatic rings. The number of para-hydroxylation sites is 1. The molecule has 2 aromatic heterocycles. The van der Waals surface area contributed by atoms with Crippen LogP contribution >= 0.6 is 23.1 Å². The number of fused-ring (bicyclic) bond motifs is 1. The van der Waals surface area contributed by atoms with Gasteiger partial charge in [-0.15, -0.1) is 23.1 Å². The van der Waals surface area contributed by atoms with Crippen molar-refractivity contribution in [2.45, 2.75) is 31.6 Å². The van der Waals surface area contributed by atoms with Crippen LogP contribution in [-0.4, -0.2) is 35.2 Å². The predicted molar refractivity (Wildman–Crippen MR) is 119 cm³/mol. The number of hydrogen-bond acceptors (Lipinski definition) is 6. The van der Waals surface area contributed by atoms with Crippen LogP contribution in [0.2, 0.25) is 0 Å². The Morgan fingerprint density at radius 3 is 2.93 bits per heavy atom. The van der Waals surface area contributed by atoms with Gasteiger partial charge in [-0.1, -0.05) is 19.1 Å². The number of carbonyl (C=O) groups excluding carboxylic acids is 1. The van der Waals surface area contributed by atoms with Gasteiger partial charge < -0.3 is 10.2 Å². The van der Waals surface area contributed by atoms with Crippen molar-refractivity contribution in [3.05, 3.63) is 41.0 Å². The van der Waals surface area contributed by atoms with E-state index in [0.29, 0.717) is 11.5 Å². The van der Waals surface area contributed by atoms with Gasteiger partial charge in [0.1, 0.15) is 17.0 Å². The highest BCUT2D eigenvalue weighted by molar-refractivity contribution is 7.98. The molecule has 0 saturated carbocycles. The first kappa shape index (κ1) is 19.2. The van der Waals surface area contributed by atoms with Crippen LogP contribution in [0.1, 0.15) is 35.0 Å². The highest BCUT2D eigenvalue weighted by Gasteiger charge is 2.26. The Labute approximate surface area is 173 Å². The SMILES string of the molecule is CSc1ccccc1NC(=O)c1c(C)sc2ncnc(N3CCC[C@@H](C)C3)c12. The first-order valence-corrected chi connectivity index (χ1v) is 11.6. The van der Waals surface area contributed by atoms with Gasteiger partial charge in [-0.25, -0.2) is 9.97 Å². The average molecular weight is 413 g/mol. The number of aryl methyl sites for hydroxylation is 1. The van der Waals surface area contributed by atoms with Gasteiger partial charge in [0.2, 0.25) is 0 Å². The van der Waals surface area contributed by atoms with E-state index < -0.39 is 0 Å².